The summed E-state index contributed by atoms with van der Waals surface area (Å²) in [5, 5.41) is 15.1. The van der Waals surface area contributed by atoms with Crippen LogP contribution in [0.2, 0.25) is 0 Å². The summed E-state index contributed by atoms with van der Waals surface area (Å²) < 4.78 is 7.28. The molecule has 0 saturated carbocycles. The lowest BCUT2D eigenvalue weighted by molar-refractivity contribution is 0.0987. The molecule has 1 atom stereocenters. The van der Waals surface area contributed by atoms with Crippen LogP contribution < -0.4 is 4.74 Å². The lowest BCUT2D eigenvalue weighted by atomic mass is 10.1. The molecule has 0 bridgehead atoms. The second kappa shape index (κ2) is 9.34. The third-order valence-electron chi connectivity index (χ3n) is 3.84. The normalized spacial score (nSPS) is 11.9. The number of nitrogens with zero attached hydrogens (tertiary/aromatic N) is 3. The molecule has 2 aromatic carbocycles. The van der Waals surface area contributed by atoms with Gasteiger partial charge in [0, 0.05) is 17.7 Å². The van der Waals surface area contributed by atoms with E-state index in [1.807, 2.05) is 37.3 Å². The number of aromatic nitrogens is 3. The van der Waals surface area contributed by atoms with Gasteiger partial charge in [-0.1, -0.05) is 36.9 Å². The maximum absolute atomic E-state index is 11.6. The molecule has 0 aliphatic heterocycles. The van der Waals surface area contributed by atoms with Gasteiger partial charge in [0.05, 0.1) is 11.8 Å². The van der Waals surface area contributed by atoms with E-state index in [0.717, 1.165) is 5.69 Å². The quantitative estimate of drug-likeness (QED) is 0.451. The van der Waals surface area contributed by atoms with Crippen LogP contribution in [0.25, 0.3) is 5.69 Å². The standard InChI is InChI=1S/C20H21N3O3S/c1-2-19(25)15-8-10-18(11-9-15)26-12-17(24)13-27-20-21-14-23(22-20)16-6-4-3-5-7-16/h3-11,14,17,24H,2,12-13H2,1H3. The smallest absolute Gasteiger partial charge is 0.208 e. The van der Waals surface area contributed by atoms with Crippen molar-refractivity contribution in [3.63, 3.8) is 0 Å². The van der Waals surface area contributed by atoms with E-state index in [4.69, 9.17) is 4.74 Å². The topological polar surface area (TPSA) is 77.2 Å². The van der Waals surface area contributed by atoms with Gasteiger partial charge in [-0.25, -0.2) is 9.67 Å². The molecule has 0 radical (unpaired) electrons. The summed E-state index contributed by atoms with van der Waals surface area (Å²) in [5.41, 5.74) is 1.60. The van der Waals surface area contributed by atoms with Gasteiger partial charge in [-0.15, -0.1) is 5.10 Å². The number of thioether (sulfide) groups is 1. The predicted octanol–water partition coefficient (Wildman–Crippen LogP) is 3.39. The van der Waals surface area contributed by atoms with E-state index in [1.165, 1.54) is 11.8 Å². The summed E-state index contributed by atoms with van der Waals surface area (Å²) in [7, 11) is 0. The number of benzene rings is 2. The average molecular weight is 383 g/mol. The van der Waals surface area contributed by atoms with Crippen molar-refractivity contribution in [3.05, 3.63) is 66.5 Å². The Kier molecular flexibility index (Phi) is 6.62. The molecule has 140 valence electrons. The molecule has 0 fully saturated rings. The molecule has 3 rings (SSSR count). The minimum absolute atomic E-state index is 0.0976. The Morgan fingerprint density at radius 2 is 1.93 bits per heavy atom. The highest BCUT2D eigenvalue weighted by Crippen LogP contribution is 2.17. The van der Waals surface area contributed by atoms with Gasteiger partial charge in [0.25, 0.3) is 0 Å². The highest BCUT2D eigenvalue weighted by molar-refractivity contribution is 7.99. The Labute approximate surface area is 162 Å². The average Bonchev–Trinajstić information content (AvgIpc) is 3.20. The van der Waals surface area contributed by atoms with Crippen molar-refractivity contribution in [1.29, 1.82) is 0 Å². The van der Waals surface area contributed by atoms with E-state index in [9.17, 15) is 9.90 Å². The number of ether oxygens (including phenoxy) is 1. The summed E-state index contributed by atoms with van der Waals surface area (Å²) >= 11 is 1.37. The molecule has 1 unspecified atom stereocenters. The number of para-hydroxylation sites is 1. The number of rotatable bonds is 9. The highest BCUT2D eigenvalue weighted by atomic mass is 32.2. The van der Waals surface area contributed by atoms with Gasteiger partial charge >= 0.3 is 0 Å². The van der Waals surface area contributed by atoms with Crippen LogP contribution in [0, 0.1) is 0 Å². The fourth-order valence-electron chi connectivity index (χ4n) is 2.37. The minimum Gasteiger partial charge on any atom is -0.491 e. The van der Waals surface area contributed by atoms with E-state index in [1.54, 1.807) is 35.3 Å². The van der Waals surface area contributed by atoms with Crippen molar-refractivity contribution in [2.24, 2.45) is 0 Å². The van der Waals surface area contributed by atoms with Crippen molar-refractivity contribution in [2.45, 2.75) is 24.6 Å². The lowest BCUT2D eigenvalue weighted by Crippen LogP contribution is -2.20. The number of aliphatic hydroxyl groups excluding tert-OH is 1. The summed E-state index contributed by atoms with van der Waals surface area (Å²) in [6.45, 7) is 1.99. The Bertz CT molecular complexity index is 866. The maximum atomic E-state index is 11.6. The van der Waals surface area contributed by atoms with Crippen LogP contribution in [0.5, 0.6) is 5.75 Å². The largest absolute Gasteiger partial charge is 0.491 e. The number of aliphatic hydroxyl groups is 1. The van der Waals surface area contributed by atoms with Crippen molar-refractivity contribution >= 4 is 17.5 Å². The van der Waals surface area contributed by atoms with Gasteiger partial charge in [-0.05, 0) is 36.4 Å². The first-order valence-corrected chi connectivity index (χ1v) is 9.68. The summed E-state index contributed by atoms with van der Waals surface area (Å²) in [5.74, 6) is 1.14. The Morgan fingerprint density at radius 3 is 2.63 bits per heavy atom. The molecule has 1 heterocycles. The van der Waals surface area contributed by atoms with Gasteiger partial charge in [-0.3, -0.25) is 4.79 Å². The van der Waals surface area contributed by atoms with E-state index < -0.39 is 6.10 Å². The first-order chi connectivity index (χ1) is 13.2. The van der Waals surface area contributed by atoms with Crippen LogP contribution in [-0.4, -0.2) is 44.1 Å². The Morgan fingerprint density at radius 1 is 1.19 bits per heavy atom. The van der Waals surface area contributed by atoms with E-state index in [-0.39, 0.29) is 12.4 Å². The van der Waals surface area contributed by atoms with E-state index in [2.05, 4.69) is 10.1 Å². The van der Waals surface area contributed by atoms with Crippen LogP contribution in [0.1, 0.15) is 23.7 Å². The van der Waals surface area contributed by atoms with Crippen LogP contribution in [-0.2, 0) is 0 Å². The third-order valence-corrected chi connectivity index (χ3v) is 4.83. The van der Waals surface area contributed by atoms with Gasteiger partial charge in [0.15, 0.2) is 5.78 Å². The molecule has 1 N–H and O–H groups in total. The van der Waals surface area contributed by atoms with E-state index >= 15 is 0 Å². The number of Topliss-reactive ketones (excluding diaryl/α,β-unsaturated/α-hetero) is 1. The molecule has 6 nitrogen and oxygen atoms in total. The molecular formula is C20H21N3O3S. The van der Waals surface area contributed by atoms with Crippen molar-refractivity contribution in [3.8, 4) is 11.4 Å². The molecule has 0 saturated heterocycles. The molecule has 0 amide bonds. The zero-order chi connectivity index (χ0) is 19.1. The second-order valence-electron chi connectivity index (χ2n) is 5.88. The SMILES string of the molecule is CCC(=O)c1ccc(OCC(O)CSc2ncn(-c3ccccc3)n2)cc1. The zero-order valence-corrected chi connectivity index (χ0v) is 15.8. The molecule has 0 aliphatic rings. The van der Waals surface area contributed by atoms with Crippen molar-refractivity contribution < 1.29 is 14.6 Å². The van der Waals surface area contributed by atoms with Crippen molar-refractivity contribution in [1.82, 2.24) is 14.8 Å². The first-order valence-electron chi connectivity index (χ1n) is 8.69. The molecule has 0 aliphatic carbocycles. The van der Waals surface area contributed by atoms with Gasteiger partial charge in [-0.2, -0.15) is 0 Å². The first kappa shape index (κ1) is 19.1. The van der Waals surface area contributed by atoms with Crippen LogP contribution in [0.4, 0.5) is 0 Å². The summed E-state index contributed by atoms with van der Waals surface area (Å²) in [6, 6.07) is 16.7. The van der Waals surface area contributed by atoms with Gasteiger partial charge < -0.3 is 9.84 Å². The molecule has 1 aromatic heterocycles. The molecule has 7 heteroatoms. The molecule has 0 spiro atoms. The monoisotopic (exact) mass is 383 g/mol. The van der Waals surface area contributed by atoms with E-state index in [0.29, 0.717) is 28.6 Å². The second-order valence-corrected chi connectivity index (χ2v) is 6.87. The van der Waals surface area contributed by atoms with Crippen LogP contribution in [0.15, 0.2) is 66.1 Å². The Balaban J connectivity index is 1.45. The number of carbonyl (C=O) groups is 1. The van der Waals surface area contributed by atoms with Crippen LogP contribution in [0.3, 0.4) is 0 Å². The molecule has 27 heavy (non-hydrogen) atoms. The number of hydrogen-bond donors (Lipinski definition) is 1. The fraction of sp³-hybridized carbons (Fsp3) is 0.250. The molecular weight excluding hydrogens is 362 g/mol. The summed E-state index contributed by atoms with van der Waals surface area (Å²) in [6.07, 6.45) is 1.47. The van der Waals surface area contributed by atoms with Gasteiger partial charge in [0.1, 0.15) is 18.7 Å². The zero-order valence-electron chi connectivity index (χ0n) is 15.0. The van der Waals surface area contributed by atoms with Gasteiger partial charge in [0.2, 0.25) is 5.16 Å². The minimum atomic E-state index is -0.657. The fourth-order valence-corrected chi connectivity index (χ4v) is 3.08. The maximum Gasteiger partial charge on any atom is 0.208 e. The van der Waals surface area contributed by atoms with Crippen LogP contribution >= 0.6 is 11.8 Å². The summed E-state index contributed by atoms with van der Waals surface area (Å²) in [4.78, 5) is 15.9. The highest BCUT2D eigenvalue weighted by Gasteiger charge is 2.10. The number of carbonyl (C=O) groups excluding carboxylic acids is 1. The van der Waals surface area contributed by atoms with Crippen molar-refractivity contribution in [2.75, 3.05) is 12.4 Å². The number of hydrogen-bond acceptors (Lipinski definition) is 6. The number of ketones is 1. The molecule has 3 aromatic rings. The third kappa shape index (κ3) is 5.42. The predicted molar refractivity (Wildman–Crippen MR) is 105 cm³/mol. The Hall–Kier alpha value is -2.64. The lowest BCUT2D eigenvalue weighted by Gasteiger charge is -2.11.